The van der Waals surface area contributed by atoms with Gasteiger partial charge in [0.2, 0.25) is 0 Å². The van der Waals surface area contributed by atoms with Crippen LogP contribution in [0.2, 0.25) is 0 Å². The molecule has 0 atom stereocenters. The first-order valence-corrected chi connectivity index (χ1v) is 19.5. The smallest absolute Gasteiger partial charge is 0.143 e. The standard InChI is InChI=1S/C54H31NO2/c1-2-13-37-35(11-1)36-12-3-4-14-38(36)46-29-32(23-26-39(37)46)33-24-28-49-47(30-33)40-15-5-7-20-48(40)55(49)34-25-27-41-43-18-9-19-44(54(43)57-52(41)31-34)42-17-10-22-51-53(42)45-16-6-8-21-50(45)56-51/h1-31H. The molecule has 3 heteroatoms. The van der Waals surface area contributed by atoms with Crippen LogP contribution in [0.4, 0.5) is 0 Å². The van der Waals surface area contributed by atoms with Gasteiger partial charge in [0.25, 0.3) is 0 Å². The maximum absolute atomic E-state index is 6.86. The van der Waals surface area contributed by atoms with Crippen molar-refractivity contribution in [3.63, 3.8) is 0 Å². The number of nitrogens with zero attached hydrogens (tertiary/aromatic N) is 1. The predicted octanol–water partition coefficient (Wildman–Crippen LogP) is 15.4. The lowest BCUT2D eigenvalue weighted by Gasteiger charge is -2.12. The van der Waals surface area contributed by atoms with Crippen LogP contribution in [0.1, 0.15) is 0 Å². The Labute approximate surface area is 326 Å². The van der Waals surface area contributed by atoms with Gasteiger partial charge in [-0.15, -0.1) is 0 Å². The number of fused-ring (bicyclic) bond motifs is 15. The first-order chi connectivity index (χ1) is 28.3. The maximum Gasteiger partial charge on any atom is 0.143 e. The predicted molar refractivity (Wildman–Crippen MR) is 239 cm³/mol. The van der Waals surface area contributed by atoms with Gasteiger partial charge in [-0.2, -0.15) is 0 Å². The minimum absolute atomic E-state index is 0.859. The molecule has 0 saturated carbocycles. The zero-order valence-corrected chi connectivity index (χ0v) is 30.7. The van der Waals surface area contributed by atoms with E-state index < -0.39 is 0 Å². The molecule has 0 spiro atoms. The summed E-state index contributed by atoms with van der Waals surface area (Å²) in [5.74, 6) is 0. The maximum atomic E-state index is 6.86. The molecular formula is C54H31NO2. The molecule has 0 aliphatic heterocycles. The van der Waals surface area contributed by atoms with E-state index in [9.17, 15) is 0 Å². The molecule has 10 aromatic carbocycles. The number of rotatable bonds is 3. The van der Waals surface area contributed by atoms with Crippen molar-refractivity contribution in [3.8, 4) is 27.9 Å². The molecule has 0 unspecified atom stereocenters. The highest BCUT2D eigenvalue weighted by atomic mass is 16.3. The largest absolute Gasteiger partial charge is 0.456 e. The van der Waals surface area contributed by atoms with Gasteiger partial charge < -0.3 is 13.4 Å². The van der Waals surface area contributed by atoms with Crippen molar-refractivity contribution in [2.24, 2.45) is 0 Å². The van der Waals surface area contributed by atoms with Gasteiger partial charge in [0.15, 0.2) is 0 Å². The summed E-state index contributed by atoms with van der Waals surface area (Å²) < 4.78 is 15.5. The average molecular weight is 726 g/mol. The van der Waals surface area contributed by atoms with E-state index in [2.05, 4.69) is 174 Å². The van der Waals surface area contributed by atoms with Gasteiger partial charge in [-0.1, -0.05) is 133 Å². The average Bonchev–Trinajstić information content (AvgIpc) is 3.95. The fourth-order valence-electron chi connectivity index (χ4n) is 9.66. The summed E-state index contributed by atoms with van der Waals surface area (Å²) in [5.41, 5.74) is 11.5. The molecule has 3 heterocycles. The van der Waals surface area contributed by atoms with Crippen LogP contribution in [0, 0.1) is 0 Å². The monoisotopic (exact) mass is 725 g/mol. The Balaban J connectivity index is 0.979. The fourth-order valence-corrected chi connectivity index (χ4v) is 9.66. The topological polar surface area (TPSA) is 31.2 Å². The van der Waals surface area contributed by atoms with Crippen molar-refractivity contribution >= 4 is 98.0 Å². The van der Waals surface area contributed by atoms with Crippen LogP contribution >= 0.6 is 0 Å². The molecule has 3 nitrogen and oxygen atoms in total. The molecule has 57 heavy (non-hydrogen) atoms. The molecule has 0 N–H and O–H groups in total. The van der Waals surface area contributed by atoms with Crippen LogP contribution < -0.4 is 0 Å². The van der Waals surface area contributed by atoms with Crippen molar-refractivity contribution in [1.29, 1.82) is 0 Å². The molecule has 3 aromatic heterocycles. The Hall–Kier alpha value is -7.62. The highest BCUT2D eigenvalue weighted by molar-refractivity contribution is 6.26. The van der Waals surface area contributed by atoms with Crippen LogP contribution in [0.3, 0.4) is 0 Å². The summed E-state index contributed by atoms with van der Waals surface area (Å²) in [5, 5.41) is 14.6. The third-order valence-corrected chi connectivity index (χ3v) is 12.2. The SMILES string of the molecule is c1ccc2c(c1)oc1cccc(-c3cccc4c3oc3cc(-n5c6ccccc6c6cc(-c7ccc8c9ccccc9c9ccccc9c8c7)ccc65)ccc34)c12. The highest BCUT2D eigenvalue weighted by Crippen LogP contribution is 2.43. The normalized spacial score (nSPS) is 12.2. The molecule has 0 fully saturated rings. The summed E-state index contributed by atoms with van der Waals surface area (Å²) in [6, 6.07) is 67.8. The van der Waals surface area contributed by atoms with E-state index in [0.29, 0.717) is 0 Å². The summed E-state index contributed by atoms with van der Waals surface area (Å²) in [4.78, 5) is 0. The van der Waals surface area contributed by atoms with Crippen LogP contribution in [0.15, 0.2) is 197 Å². The zero-order chi connectivity index (χ0) is 37.2. The third kappa shape index (κ3) is 4.31. The molecular weight excluding hydrogens is 695 g/mol. The number of aromatic nitrogens is 1. The van der Waals surface area contributed by atoms with E-state index in [1.54, 1.807) is 0 Å². The molecule has 13 rings (SSSR count). The number of furan rings is 2. The molecule has 13 aromatic rings. The Morgan fingerprint density at radius 2 is 0.860 bits per heavy atom. The lowest BCUT2D eigenvalue weighted by atomic mass is 9.92. The summed E-state index contributed by atoms with van der Waals surface area (Å²) in [7, 11) is 0. The van der Waals surface area contributed by atoms with Gasteiger partial charge >= 0.3 is 0 Å². The van der Waals surface area contributed by atoms with Gasteiger partial charge in [0.05, 0.1) is 11.0 Å². The number of para-hydroxylation sites is 3. The lowest BCUT2D eigenvalue weighted by molar-refractivity contribution is 0.668. The van der Waals surface area contributed by atoms with Gasteiger partial charge in [-0.25, -0.2) is 0 Å². The second-order valence-corrected chi connectivity index (χ2v) is 15.2. The van der Waals surface area contributed by atoms with Gasteiger partial charge in [0, 0.05) is 49.6 Å². The van der Waals surface area contributed by atoms with Crippen molar-refractivity contribution in [1.82, 2.24) is 4.57 Å². The van der Waals surface area contributed by atoms with Crippen LogP contribution in [0.25, 0.3) is 126 Å². The fraction of sp³-hybridized carbons (Fsp3) is 0. The summed E-state index contributed by atoms with van der Waals surface area (Å²) >= 11 is 0. The molecule has 0 aliphatic rings. The molecule has 0 saturated heterocycles. The third-order valence-electron chi connectivity index (χ3n) is 12.2. The Kier molecular flexibility index (Phi) is 6.16. The summed E-state index contributed by atoms with van der Waals surface area (Å²) in [6.07, 6.45) is 0. The molecule has 0 radical (unpaired) electrons. The van der Waals surface area contributed by atoms with Crippen molar-refractivity contribution in [2.75, 3.05) is 0 Å². The van der Waals surface area contributed by atoms with E-state index in [1.165, 1.54) is 54.2 Å². The van der Waals surface area contributed by atoms with Crippen molar-refractivity contribution < 1.29 is 8.83 Å². The van der Waals surface area contributed by atoms with Gasteiger partial charge in [0.1, 0.15) is 22.3 Å². The molecule has 0 bridgehead atoms. The van der Waals surface area contributed by atoms with Crippen LogP contribution in [0.5, 0.6) is 0 Å². The zero-order valence-electron chi connectivity index (χ0n) is 30.7. The number of hydrogen-bond donors (Lipinski definition) is 0. The highest BCUT2D eigenvalue weighted by Gasteiger charge is 2.19. The lowest BCUT2D eigenvalue weighted by Crippen LogP contribution is -1.93. The second kappa shape index (κ2) is 11.5. The Morgan fingerprint density at radius 1 is 0.298 bits per heavy atom. The molecule has 264 valence electrons. The minimum Gasteiger partial charge on any atom is -0.456 e. The van der Waals surface area contributed by atoms with Crippen LogP contribution in [-0.4, -0.2) is 4.57 Å². The molecule has 0 aliphatic carbocycles. The van der Waals surface area contributed by atoms with Crippen LogP contribution in [-0.2, 0) is 0 Å². The first kappa shape index (κ1) is 30.7. The van der Waals surface area contributed by atoms with E-state index in [1.807, 2.05) is 18.2 Å². The number of benzene rings is 10. The number of hydrogen-bond acceptors (Lipinski definition) is 2. The van der Waals surface area contributed by atoms with E-state index in [4.69, 9.17) is 8.83 Å². The van der Waals surface area contributed by atoms with Crippen molar-refractivity contribution in [2.45, 2.75) is 0 Å². The minimum atomic E-state index is 0.859. The van der Waals surface area contributed by atoms with Crippen molar-refractivity contribution in [3.05, 3.63) is 188 Å². The molecule has 0 amide bonds. The second-order valence-electron chi connectivity index (χ2n) is 15.2. The van der Waals surface area contributed by atoms with Gasteiger partial charge in [-0.3, -0.25) is 0 Å². The van der Waals surface area contributed by atoms with E-state index in [0.717, 1.165) is 71.7 Å². The van der Waals surface area contributed by atoms with E-state index in [-0.39, 0.29) is 0 Å². The quantitative estimate of drug-likeness (QED) is 0.170. The summed E-state index contributed by atoms with van der Waals surface area (Å²) in [6.45, 7) is 0. The van der Waals surface area contributed by atoms with E-state index >= 15 is 0 Å². The Morgan fingerprint density at radius 3 is 1.67 bits per heavy atom. The first-order valence-electron chi connectivity index (χ1n) is 19.5. The van der Waals surface area contributed by atoms with Gasteiger partial charge in [-0.05, 0) is 97.5 Å². The Bertz CT molecular complexity index is 3780.